The van der Waals surface area contributed by atoms with E-state index in [1.807, 2.05) is 0 Å². The van der Waals surface area contributed by atoms with Gasteiger partial charge in [0.2, 0.25) is 5.91 Å². The number of fused-ring (bicyclic) bond motifs is 1. The van der Waals surface area contributed by atoms with Crippen molar-refractivity contribution in [2.24, 2.45) is 5.73 Å². The molecule has 0 bridgehead atoms. The Balaban J connectivity index is 2.27. The number of methoxy groups -OCH3 is 1. The molecule has 0 aliphatic rings. The maximum absolute atomic E-state index is 13.1. The van der Waals surface area contributed by atoms with Crippen molar-refractivity contribution < 1.29 is 9.53 Å². The average molecular weight is 390 g/mol. The van der Waals surface area contributed by atoms with Crippen molar-refractivity contribution in [3.63, 3.8) is 0 Å². The number of amides is 1. The van der Waals surface area contributed by atoms with Crippen molar-refractivity contribution >= 4 is 40.2 Å². The number of hydrogen-bond donors (Lipinski definition) is 1. The van der Waals surface area contributed by atoms with Crippen LogP contribution in [0, 0.1) is 0 Å². The third kappa shape index (κ3) is 3.40. The number of aromatic nitrogens is 2. The number of ether oxygens (including phenoxy) is 1. The summed E-state index contributed by atoms with van der Waals surface area (Å²) >= 11 is 7.34. The first kappa shape index (κ1) is 18.3. The van der Waals surface area contributed by atoms with Gasteiger partial charge in [-0.1, -0.05) is 35.5 Å². The molecule has 1 heterocycles. The van der Waals surface area contributed by atoms with E-state index in [0.29, 0.717) is 32.5 Å². The van der Waals surface area contributed by atoms with Gasteiger partial charge in [-0.2, -0.15) is 0 Å². The Labute approximate surface area is 158 Å². The van der Waals surface area contributed by atoms with Crippen LogP contribution < -0.4 is 16.0 Å². The molecule has 2 aromatic carbocycles. The fraction of sp³-hybridized carbons (Fsp3) is 0.167. The highest BCUT2D eigenvalue weighted by molar-refractivity contribution is 8.00. The van der Waals surface area contributed by atoms with E-state index in [2.05, 4.69) is 4.98 Å². The minimum absolute atomic E-state index is 0.254. The summed E-state index contributed by atoms with van der Waals surface area (Å²) in [5.41, 5.74) is 6.19. The Morgan fingerprint density at radius 2 is 2.04 bits per heavy atom. The highest BCUT2D eigenvalue weighted by atomic mass is 35.5. The number of nitrogens with zero attached hydrogens (tertiary/aromatic N) is 2. The van der Waals surface area contributed by atoms with Crippen LogP contribution in [0.25, 0.3) is 16.6 Å². The van der Waals surface area contributed by atoms with Gasteiger partial charge < -0.3 is 10.5 Å². The molecule has 0 aliphatic heterocycles. The topological polar surface area (TPSA) is 87.2 Å². The van der Waals surface area contributed by atoms with E-state index in [-0.39, 0.29) is 5.56 Å². The summed E-state index contributed by atoms with van der Waals surface area (Å²) in [4.78, 5) is 29.1. The Bertz CT molecular complexity index is 1050. The third-order valence-corrected chi connectivity index (χ3v) is 5.19. The van der Waals surface area contributed by atoms with Gasteiger partial charge in [0.05, 0.1) is 34.0 Å². The first-order chi connectivity index (χ1) is 12.4. The number of halogens is 1. The van der Waals surface area contributed by atoms with Crippen LogP contribution in [0.2, 0.25) is 5.02 Å². The van der Waals surface area contributed by atoms with Crippen molar-refractivity contribution in [3.8, 4) is 11.4 Å². The van der Waals surface area contributed by atoms with Gasteiger partial charge in [0, 0.05) is 0 Å². The number of primary amides is 1. The van der Waals surface area contributed by atoms with Gasteiger partial charge >= 0.3 is 0 Å². The van der Waals surface area contributed by atoms with E-state index in [9.17, 15) is 9.59 Å². The molecule has 0 saturated heterocycles. The van der Waals surface area contributed by atoms with Gasteiger partial charge in [0.1, 0.15) is 5.75 Å². The van der Waals surface area contributed by atoms with Gasteiger partial charge in [-0.25, -0.2) is 4.98 Å². The average Bonchev–Trinajstić information content (AvgIpc) is 2.62. The molecule has 26 heavy (non-hydrogen) atoms. The molecule has 2 N–H and O–H groups in total. The molecular weight excluding hydrogens is 374 g/mol. The standard InChI is InChI=1S/C18H16ClN3O3S/c1-10(16(20)23)26-18-21-14-6-4-3-5-12(14)17(24)22(18)11-7-8-15(25-2)13(19)9-11/h3-10H,1-2H3,(H2,20,23). The summed E-state index contributed by atoms with van der Waals surface area (Å²) in [5.74, 6) is 0.00800. The molecule has 6 nitrogen and oxygen atoms in total. The first-order valence-electron chi connectivity index (χ1n) is 7.74. The van der Waals surface area contributed by atoms with E-state index < -0.39 is 11.2 Å². The zero-order valence-electron chi connectivity index (χ0n) is 14.1. The van der Waals surface area contributed by atoms with Crippen LogP contribution in [0.1, 0.15) is 6.92 Å². The fourth-order valence-electron chi connectivity index (χ4n) is 2.43. The Morgan fingerprint density at radius 3 is 2.69 bits per heavy atom. The lowest BCUT2D eigenvalue weighted by Gasteiger charge is -2.15. The van der Waals surface area contributed by atoms with Gasteiger partial charge in [-0.05, 0) is 37.3 Å². The minimum atomic E-state index is -0.553. The predicted molar refractivity (Wildman–Crippen MR) is 103 cm³/mol. The van der Waals surface area contributed by atoms with Crippen molar-refractivity contribution in [2.45, 2.75) is 17.3 Å². The molecule has 3 rings (SSSR count). The Morgan fingerprint density at radius 1 is 1.31 bits per heavy atom. The third-order valence-electron chi connectivity index (χ3n) is 3.82. The molecular formula is C18H16ClN3O3S. The van der Waals surface area contributed by atoms with Crippen molar-refractivity contribution in [1.29, 1.82) is 0 Å². The van der Waals surface area contributed by atoms with Crippen molar-refractivity contribution in [1.82, 2.24) is 9.55 Å². The molecule has 0 fully saturated rings. The van der Waals surface area contributed by atoms with Crippen LogP contribution in [0.4, 0.5) is 0 Å². The monoisotopic (exact) mass is 389 g/mol. The number of hydrogen-bond acceptors (Lipinski definition) is 5. The number of carbonyl (C=O) groups is 1. The first-order valence-corrected chi connectivity index (χ1v) is 9.00. The molecule has 0 aliphatic carbocycles. The van der Waals surface area contributed by atoms with Crippen LogP contribution in [-0.4, -0.2) is 27.8 Å². The molecule has 1 atom stereocenters. The summed E-state index contributed by atoms with van der Waals surface area (Å²) < 4.78 is 6.59. The maximum Gasteiger partial charge on any atom is 0.266 e. The molecule has 1 aromatic heterocycles. The van der Waals surface area contributed by atoms with Gasteiger partial charge in [0.15, 0.2) is 5.16 Å². The smallest absolute Gasteiger partial charge is 0.266 e. The van der Waals surface area contributed by atoms with E-state index in [1.165, 1.54) is 11.7 Å². The molecule has 3 aromatic rings. The molecule has 0 saturated carbocycles. The fourth-order valence-corrected chi connectivity index (χ4v) is 3.56. The second-order valence-corrected chi connectivity index (χ2v) is 7.25. The van der Waals surface area contributed by atoms with Crippen molar-refractivity contribution in [2.75, 3.05) is 7.11 Å². The van der Waals surface area contributed by atoms with Crippen molar-refractivity contribution in [3.05, 3.63) is 57.8 Å². The van der Waals surface area contributed by atoms with Crippen LogP contribution in [0.3, 0.4) is 0 Å². The second kappa shape index (κ2) is 7.39. The number of carbonyl (C=O) groups excluding carboxylic acids is 1. The number of thioether (sulfide) groups is 1. The number of rotatable bonds is 5. The van der Waals surface area contributed by atoms with Crippen LogP contribution >= 0.6 is 23.4 Å². The van der Waals surface area contributed by atoms with E-state index in [4.69, 9.17) is 22.1 Å². The molecule has 0 spiro atoms. The largest absolute Gasteiger partial charge is 0.495 e. The van der Waals surface area contributed by atoms with E-state index in [1.54, 1.807) is 49.4 Å². The molecule has 8 heteroatoms. The highest BCUT2D eigenvalue weighted by Gasteiger charge is 2.19. The maximum atomic E-state index is 13.1. The molecule has 0 radical (unpaired) electrons. The second-order valence-electron chi connectivity index (χ2n) is 5.53. The Hall–Kier alpha value is -2.51. The van der Waals surface area contributed by atoms with Gasteiger partial charge in [0.25, 0.3) is 5.56 Å². The Kier molecular flexibility index (Phi) is 5.20. The number of benzene rings is 2. The quantitative estimate of drug-likeness (QED) is 0.535. The zero-order chi connectivity index (χ0) is 18.8. The zero-order valence-corrected chi connectivity index (χ0v) is 15.7. The predicted octanol–water partition coefficient (Wildman–Crippen LogP) is 3.01. The number of nitrogens with two attached hydrogens (primary N) is 1. The summed E-state index contributed by atoms with van der Waals surface area (Å²) in [6.45, 7) is 1.67. The van der Waals surface area contributed by atoms with Crippen LogP contribution in [-0.2, 0) is 4.79 Å². The number of para-hydroxylation sites is 1. The summed E-state index contributed by atoms with van der Waals surface area (Å²) in [6, 6.07) is 12.0. The molecule has 1 amide bonds. The lowest BCUT2D eigenvalue weighted by atomic mass is 10.2. The minimum Gasteiger partial charge on any atom is -0.495 e. The normalized spacial score (nSPS) is 12.1. The van der Waals surface area contributed by atoms with Gasteiger partial charge in [-0.3, -0.25) is 14.2 Å². The molecule has 1 unspecified atom stereocenters. The van der Waals surface area contributed by atoms with Gasteiger partial charge in [-0.15, -0.1) is 0 Å². The summed E-state index contributed by atoms with van der Waals surface area (Å²) in [5, 5.41) is 0.642. The SMILES string of the molecule is COc1ccc(-n2c(SC(C)C(N)=O)nc3ccccc3c2=O)cc1Cl. The van der Waals surface area contributed by atoms with E-state index >= 15 is 0 Å². The molecule has 134 valence electrons. The van der Waals surface area contributed by atoms with E-state index in [0.717, 1.165) is 11.8 Å². The lowest BCUT2D eigenvalue weighted by Crippen LogP contribution is -2.26. The summed E-state index contributed by atoms with van der Waals surface area (Å²) in [7, 11) is 1.51. The lowest BCUT2D eigenvalue weighted by molar-refractivity contribution is -0.117. The van der Waals surface area contributed by atoms with Crippen LogP contribution in [0.5, 0.6) is 5.75 Å². The highest BCUT2D eigenvalue weighted by Crippen LogP contribution is 2.29. The summed E-state index contributed by atoms with van der Waals surface area (Å²) in [6.07, 6.45) is 0. The van der Waals surface area contributed by atoms with Crippen LogP contribution in [0.15, 0.2) is 52.4 Å².